The van der Waals surface area contributed by atoms with Crippen molar-refractivity contribution in [1.29, 1.82) is 0 Å². The fourth-order valence-electron chi connectivity index (χ4n) is 3.38. The lowest BCUT2D eigenvalue weighted by Crippen LogP contribution is -2.39. The summed E-state index contributed by atoms with van der Waals surface area (Å²) in [5, 5.41) is 9.62. The van der Waals surface area contributed by atoms with Gasteiger partial charge >= 0.3 is 5.97 Å². The number of hydrogen-bond acceptors (Lipinski definition) is 5. The minimum Gasteiger partial charge on any atom is -0.493 e. The molecule has 3 rings (SSSR count). The molecule has 0 radical (unpaired) electrons. The summed E-state index contributed by atoms with van der Waals surface area (Å²) in [7, 11) is 3.21. The van der Waals surface area contributed by atoms with Crippen LogP contribution in [-0.4, -0.2) is 42.8 Å². The number of likely N-dealkylation sites (tertiary alicyclic amines) is 1. The lowest BCUT2D eigenvalue weighted by atomic mass is 10.0. The smallest absolute Gasteiger partial charge is 0.320 e. The minimum atomic E-state index is -0.765. The maximum Gasteiger partial charge on any atom is 0.320 e. The summed E-state index contributed by atoms with van der Waals surface area (Å²) >= 11 is 5.14. The van der Waals surface area contributed by atoms with Crippen LogP contribution < -0.4 is 9.47 Å². The molecular weight excluding hydrogens is 406 g/mol. The van der Waals surface area contributed by atoms with Crippen molar-refractivity contribution < 1.29 is 19.4 Å². The molecule has 1 N–H and O–H groups in total. The SMILES string of the molecule is COc1ccc(C(c2ccc(Br)s2)N2CCCC2C(=O)O)cc1OC. The number of nitrogens with zero attached hydrogens (tertiary/aromatic N) is 1. The Morgan fingerprint density at radius 2 is 2.04 bits per heavy atom. The molecule has 5 nitrogen and oxygen atoms in total. The molecule has 1 aromatic carbocycles. The Labute approximate surface area is 159 Å². The van der Waals surface area contributed by atoms with Gasteiger partial charge in [-0.25, -0.2) is 0 Å². The molecular formula is C18H20BrNO4S. The monoisotopic (exact) mass is 425 g/mol. The Morgan fingerprint density at radius 1 is 1.28 bits per heavy atom. The number of thiophene rings is 1. The normalized spacial score (nSPS) is 18.9. The van der Waals surface area contributed by atoms with Crippen molar-refractivity contribution in [3.63, 3.8) is 0 Å². The molecule has 0 bridgehead atoms. The van der Waals surface area contributed by atoms with Gasteiger partial charge in [0.25, 0.3) is 0 Å². The molecule has 0 saturated carbocycles. The van der Waals surface area contributed by atoms with Gasteiger partial charge in [0.1, 0.15) is 6.04 Å². The van der Waals surface area contributed by atoms with E-state index in [2.05, 4.69) is 20.8 Å². The van der Waals surface area contributed by atoms with Gasteiger partial charge in [-0.1, -0.05) is 6.07 Å². The molecule has 1 aliphatic rings. The first-order chi connectivity index (χ1) is 12.0. The van der Waals surface area contributed by atoms with Crippen LogP contribution in [0, 0.1) is 0 Å². The molecule has 2 unspecified atom stereocenters. The Bertz CT molecular complexity index is 763. The highest BCUT2D eigenvalue weighted by atomic mass is 79.9. The van der Waals surface area contributed by atoms with Crippen molar-refractivity contribution in [3.8, 4) is 11.5 Å². The van der Waals surface area contributed by atoms with Crippen molar-refractivity contribution in [1.82, 2.24) is 4.90 Å². The quantitative estimate of drug-likeness (QED) is 0.752. The van der Waals surface area contributed by atoms with Crippen LogP contribution in [0.15, 0.2) is 34.1 Å². The summed E-state index contributed by atoms with van der Waals surface area (Å²) in [6, 6.07) is 9.24. The lowest BCUT2D eigenvalue weighted by Gasteiger charge is -2.31. The van der Waals surface area contributed by atoms with Gasteiger partial charge < -0.3 is 14.6 Å². The lowest BCUT2D eigenvalue weighted by molar-refractivity contribution is -0.142. The van der Waals surface area contributed by atoms with Crippen LogP contribution >= 0.6 is 27.3 Å². The van der Waals surface area contributed by atoms with E-state index in [0.717, 1.165) is 27.2 Å². The van der Waals surface area contributed by atoms with E-state index in [9.17, 15) is 9.90 Å². The number of carboxylic acids is 1. The summed E-state index contributed by atoms with van der Waals surface area (Å²) in [4.78, 5) is 14.9. The molecule has 2 aromatic rings. The number of carboxylic acid groups (broad SMARTS) is 1. The second-order valence-electron chi connectivity index (χ2n) is 5.89. The second-order valence-corrected chi connectivity index (χ2v) is 8.39. The Balaban J connectivity index is 2.07. The third kappa shape index (κ3) is 3.68. The molecule has 2 atom stereocenters. The van der Waals surface area contributed by atoms with Gasteiger partial charge in [-0.2, -0.15) is 0 Å². The van der Waals surface area contributed by atoms with E-state index in [1.807, 2.05) is 30.3 Å². The number of ether oxygens (including phenoxy) is 2. The van der Waals surface area contributed by atoms with Crippen LogP contribution in [0.3, 0.4) is 0 Å². The molecule has 0 spiro atoms. The van der Waals surface area contributed by atoms with Crippen LogP contribution in [-0.2, 0) is 4.79 Å². The van der Waals surface area contributed by atoms with Crippen molar-refractivity contribution in [2.75, 3.05) is 20.8 Å². The third-order valence-corrected chi connectivity index (χ3v) is 6.17. The van der Waals surface area contributed by atoms with Crippen molar-refractivity contribution in [2.24, 2.45) is 0 Å². The zero-order valence-corrected chi connectivity index (χ0v) is 16.5. The number of hydrogen-bond donors (Lipinski definition) is 1. The van der Waals surface area contributed by atoms with E-state index in [0.29, 0.717) is 17.9 Å². The molecule has 1 aliphatic heterocycles. The highest BCUT2D eigenvalue weighted by Gasteiger charge is 2.37. The van der Waals surface area contributed by atoms with Gasteiger partial charge in [-0.15, -0.1) is 11.3 Å². The molecule has 7 heteroatoms. The van der Waals surface area contributed by atoms with Crippen LogP contribution in [0.2, 0.25) is 0 Å². The van der Waals surface area contributed by atoms with Crippen LogP contribution in [0.5, 0.6) is 11.5 Å². The number of carbonyl (C=O) groups is 1. The van der Waals surface area contributed by atoms with Crippen LogP contribution in [0.25, 0.3) is 0 Å². The first-order valence-corrected chi connectivity index (χ1v) is 9.61. The average Bonchev–Trinajstić information content (AvgIpc) is 3.24. The van der Waals surface area contributed by atoms with E-state index in [4.69, 9.17) is 9.47 Å². The van der Waals surface area contributed by atoms with Gasteiger partial charge in [-0.3, -0.25) is 9.69 Å². The molecule has 134 valence electrons. The molecule has 0 amide bonds. The Morgan fingerprint density at radius 3 is 2.64 bits per heavy atom. The number of rotatable bonds is 6. The van der Waals surface area contributed by atoms with Gasteiger partial charge in [0, 0.05) is 11.4 Å². The number of methoxy groups -OCH3 is 2. The third-order valence-electron chi connectivity index (χ3n) is 4.50. The van der Waals surface area contributed by atoms with Crippen LogP contribution in [0.1, 0.15) is 29.3 Å². The zero-order chi connectivity index (χ0) is 18.0. The topological polar surface area (TPSA) is 59.0 Å². The predicted molar refractivity (Wildman–Crippen MR) is 101 cm³/mol. The van der Waals surface area contributed by atoms with Crippen LogP contribution in [0.4, 0.5) is 0 Å². The van der Waals surface area contributed by atoms with Gasteiger partial charge in [0.2, 0.25) is 0 Å². The number of benzene rings is 1. The molecule has 25 heavy (non-hydrogen) atoms. The summed E-state index contributed by atoms with van der Waals surface area (Å²) in [5.41, 5.74) is 1.00. The molecule has 2 heterocycles. The molecule has 0 aliphatic carbocycles. The molecule has 1 saturated heterocycles. The molecule has 1 fully saturated rings. The standard InChI is InChI=1S/C18H20BrNO4S/c1-23-13-6-5-11(10-14(13)24-2)17(15-7-8-16(19)25-15)20-9-3-4-12(20)18(21)22/h5-8,10,12,17H,3-4,9H2,1-2H3,(H,21,22). The Hall–Kier alpha value is -1.57. The summed E-state index contributed by atoms with van der Waals surface area (Å²) in [6.07, 6.45) is 1.55. The highest BCUT2D eigenvalue weighted by Crippen LogP contribution is 2.41. The van der Waals surface area contributed by atoms with E-state index in [-0.39, 0.29) is 6.04 Å². The molecule has 1 aromatic heterocycles. The fraction of sp³-hybridized carbons (Fsp3) is 0.389. The maximum absolute atomic E-state index is 11.7. The average molecular weight is 426 g/mol. The van der Waals surface area contributed by atoms with E-state index < -0.39 is 12.0 Å². The van der Waals surface area contributed by atoms with Gasteiger partial charge in [0.15, 0.2) is 11.5 Å². The predicted octanol–water partition coefficient (Wildman–Crippen LogP) is 4.17. The zero-order valence-electron chi connectivity index (χ0n) is 14.1. The van der Waals surface area contributed by atoms with E-state index in [1.165, 1.54) is 0 Å². The maximum atomic E-state index is 11.7. The number of halogens is 1. The highest BCUT2D eigenvalue weighted by molar-refractivity contribution is 9.11. The fourth-order valence-corrected chi connectivity index (χ4v) is 4.95. The van der Waals surface area contributed by atoms with Crippen molar-refractivity contribution in [2.45, 2.75) is 24.9 Å². The Kier molecular flexibility index (Phi) is 5.66. The first-order valence-electron chi connectivity index (χ1n) is 8.01. The summed E-state index contributed by atoms with van der Waals surface area (Å²) in [5.74, 6) is 0.541. The van der Waals surface area contributed by atoms with Gasteiger partial charge in [0.05, 0.1) is 24.0 Å². The summed E-state index contributed by atoms with van der Waals surface area (Å²) in [6.45, 7) is 0.755. The minimum absolute atomic E-state index is 0.125. The van der Waals surface area contributed by atoms with E-state index in [1.54, 1.807) is 25.6 Å². The summed E-state index contributed by atoms with van der Waals surface area (Å²) < 4.78 is 11.8. The first kappa shape index (κ1) is 18.2. The van der Waals surface area contributed by atoms with Crippen molar-refractivity contribution >= 4 is 33.2 Å². The van der Waals surface area contributed by atoms with Gasteiger partial charge in [-0.05, 0) is 58.6 Å². The second kappa shape index (κ2) is 7.76. The van der Waals surface area contributed by atoms with Crippen molar-refractivity contribution in [3.05, 3.63) is 44.6 Å². The number of aliphatic carboxylic acids is 1. The van der Waals surface area contributed by atoms with E-state index >= 15 is 0 Å². The largest absolute Gasteiger partial charge is 0.493 e.